The first-order valence-electron chi connectivity index (χ1n) is 7.92. The van der Waals surface area contributed by atoms with E-state index >= 15 is 0 Å². The summed E-state index contributed by atoms with van der Waals surface area (Å²) < 4.78 is 15.8. The van der Waals surface area contributed by atoms with E-state index in [2.05, 4.69) is 15.8 Å². The summed E-state index contributed by atoms with van der Waals surface area (Å²) in [4.78, 5) is 23.6. The van der Waals surface area contributed by atoms with Crippen LogP contribution in [0.3, 0.4) is 0 Å². The second-order valence-corrected chi connectivity index (χ2v) is 5.22. The summed E-state index contributed by atoms with van der Waals surface area (Å²) in [5, 5.41) is 6.24. The summed E-state index contributed by atoms with van der Waals surface area (Å²) in [6.45, 7) is 2.61. The number of carbonyl (C=O) groups is 2. The number of anilines is 1. The molecule has 2 amide bonds. The smallest absolute Gasteiger partial charge is 0.329 e. The Bertz CT molecular complexity index is 833. The zero-order valence-corrected chi connectivity index (χ0v) is 14.0. The van der Waals surface area contributed by atoms with Crippen LogP contribution in [0.15, 0.2) is 47.6 Å². The molecule has 0 spiro atoms. The van der Waals surface area contributed by atoms with Crippen molar-refractivity contribution in [2.45, 2.75) is 6.92 Å². The summed E-state index contributed by atoms with van der Waals surface area (Å²) >= 11 is 0. The number of carbonyl (C=O) groups excluding carboxylic acids is 2. The lowest BCUT2D eigenvalue weighted by molar-refractivity contribution is -0.136. The van der Waals surface area contributed by atoms with Crippen LogP contribution in [0.5, 0.6) is 17.2 Å². The predicted octanol–water partition coefficient (Wildman–Crippen LogP) is 1.90. The fraction of sp³-hybridized carbons (Fsp3) is 0.167. The standard InChI is InChI=1S/C18H17N3O5/c1-2-24-14-6-4-13(5-7-14)20-17(22)18(23)21-19-10-12-3-8-15-16(9-12)26-11-25-15/h3-10H,2,11H2,1H3,(H,20,22)(H,21,23). The molecule has 0 saturated heterocycles. The van der Waals surface area contributed by atoms with Crippen LogP contribution in [0.2, 0.25) is 0 Å². The zero-order valence-electron chi connectivity index (χ0n) is 14.0. The average molecular weight is 355 g/mol. The van der Waals surface area contributed by atoms with Gasteiger partial charge in [-0.2, -0.15) is 5.10 Å². The predicted molar refractivity (Wildman–Crippen MR) is 94.5 cm³/mol. The number of rotatable bonds is 5. The number of hydrogen-bond donors (Lipinski definition) is 2. The third kappa shape index (κ3) is 4.29. The van der Waals surface area contributed by atoms with Crippen LogP contribution in [-0.2, 0) is 9.59 Å². The Hall–Kier alpha value is -3.55. The molecule has 2 aromatic carbocycles. The van der Waals surface area contributed by atoms with E-state index in [1.807, 2.05) is 6.92 Å². The number of benzene rings is 2. The van der Waals surface area contributed by atoms with Crippen molar-refractivity contribution in [3.63, 3.8) is 0 Å². The van der Waals surface area contributed by atoms with E-state index in [-0.39, 0.29) is 6.79 Å². The fourth-order valence-electron chi connectivity index (χ4n) is 2.20. The van der Waals surface area contributed by atoms with Gasteiger partial charge in [-0.1, -0.05) is 0 Å². The van der Waals surface area contributed by atoms with E-state index in [4.69, 9.17) is 14.2 Å². The van der Waals surface area contributed by atoms with Crippen LogP contribution in [-0.4, -0.2) is 31.4 Å². The highest BCUT2D eigenvalue weighted by Gasteiger charge is 2.14. The third-order valence-corrected chi connectivity index (χ3v) is 3.41. The van der Waals surface area contributed by atoms with E-state index in [0.29, 0.717) is 35.1 Å². The minimum atomic E-state index is -0.879. The van der Waals surface area contributed by atoms with Gasteiger partial charge in [-0.15, -0.1) is 0 Å². The molecule has 3 rings (SSSR count). The van der Waals surface area contributed by atoms with Crippen LogP contribution in [0, 0.1) is 0 Å². The van der Waals surface area contributed by atoms with E-state index < -0.39 is 11.8 Å². The monoisotopic (exact) mass is 355 g/mol. The van der Waals surface area contributed by atoms with Crippen LogP contribution in [0.25, 0.3) is 0 Å². The molecule has 0 saturated carbocycles. The Morgan fingerprint density at radius 1 is 1.12 bits per heavy atom. The first kappa shape index (κ1) is 17.3. The number of amides is 2. The number of nitrogens with zero attached hydrogens (tertiary/aromatic N) is 1. The van der Waals surface area contributed by atoms with Gasteiger partial charge >= 0.3 is 11.8 Å². The van der Waals surface area contributed by atoms with Gasteiger partial charge in [0.1, 0.15) is 5.75 Å². The highest BCUT2D eigenvalue weighted by Crippen LogP contribution is 2.31. The molecule has 0 bridgehead atoms. The van der Waals surface area contributed by atoms with Crippen molar-refractivity contribution in [1.29, 1.82) is 0 Å². The zero-order chi connectivity index (χ0) is 18.4. The summed E-state index contributed by atoms with van der Waals surface area (Å²) in [5.74, 6) is 0.241. The Labute approximate surface area is 149 Å². The molecule has 1 heterocycles. The maximum absolute atomic E-state index is 11.9. The molecular formula is C18H17N3O5. The second kappa shape index (κ2) is 8.02. The first-order valence-corrected chi connectivity index (χ1v) is 7.92. The number of fused-ring (bicyclic) bond motifs is 1. The molecule has 8 nitrogen and oxygen atoms in total. The topological polar surface area (TPSA) is 98.2 Å². The third-order valence-electron chi connectivity index (χ3n) is 3.41. The van der Waals surface area contributed by atoms with Gasteiger partial charge < -0.3 is 19.5 Å². The van der Waals surface area contributed by atoms with Crippen LogP contribution >= 0.6 is 0 Å². The Morgan fingerprint density at radius 2 is 1.88 bits per heavy atom. The number of nitrogens with one attached hydrogen (secondary N) is 2. The lowest BCUT2D eigenvalue weighted by Gasteiger charge is -2.06. The van der Waals surface area contributed by atoms with Crippen LogP contribution in [0.1, 0.15) is 12.5 Å². The van der Waals surface area contributed by atoms with Gasteiger partial charge in [0.05, 0.1) is 12.8 Å². The normalized spacial score (nSPS) is 12.0. The highest BCUT2D eigenvalue weighted by molar-refractivity contribution is 6.39. The quantitative estimate of drug-likeness (QED) is 0.485. The largest absolute Gasteiger partial charge is 0.494 e. The van der Waals surface area contributed by atoms with Gasteiger partial charge in [0.25, 0.3) is 0 Å². The number of hydrazone groups is 1. The van der Waals surface area contributed by atoms with E-state index in [0.717, 1.165) is 0 Å². The summed E-state index contributed by atoms with van der Waals surface area (Å²) in [6.07, 6.45) is 1.41. The molecule has 134 valence electrons. The molecule has 1 aliphatic rings. The molecule has 0 aliphatic carbocycles. The maximum atomic E-state index is 11.9. The second-order valence-electron chi connectivity index (χ2n) is 5.22. The lowest BCUT2D eigenvalue weighted by atomic mass is 10.2. The number of hydrogen-bond acceptors (Lipinski definition) is 6. The molecule has 0 atom stereocenters. The fourth-order valence-corrected chi connectivity index (χ4v) is 2.20. The molecule has 2 N–H and O–H groups in total. The highest BCUT2D eigenvalue weighted by atomic mass is 16.7. The van der Waals surface area contributed by atoms with Crippen molar-refractivity contribution >= 4 is 23.7 Å². The molecule has 1 aliphatic heterocycles. The van der Waals surface area contributed by atoms with Crippen molar-refractivity contribution in [1.82, 2.24) is 5.43 Å². The number of ether oxygens (including phenoxy) is 3. The molecule has 0 unspecified atom stereocenters. The van der Waals surface area contributed by atoms with Crippen molar-refractivity contribution in [3.05, 3.63) is 48.0 Å². The van der Waals surface area contributed by atoms with Gasteiger partial charge in [0.15, 0.2) is 11.5 Å². The van der Waals surface area contributed by atoms with Crippen molar-refractivity contribution in [2.24, 2.45) is 5.10 Å². The SMILES string of the molecule is CCOc1ccc(NC(=O)C(=O)NN=Cc2ccc3c(c2)OCO3)cc1. The summed E-state index contributed by atoms with van der Waals surface area (Å²) in [5.41, 5.74) is 3.35. The molecule has 0 fully saturated rings. The Balaban J connectivity index is 1.51. The van der Waals surface area contributed by atoms with Gasteiger partial charge in [-0.3, -0.25) is 9.59 Å². The van der Waals surface area contributed by atoms with Crippen molar-refractivity contribution in [2.75, 3.05) is 18.7 Å². The molecule has 0 radical (unpaired) electrons. The first-order chi connectivity index (χ1) is 12.7. The molecular weight excluding hydrogens is 338 g/mol. The van der Waals surface area contributed by atoms with Gasteiger partial charge in [-0.25, -0.2) is 5.43 Å². The van der Waals surface area contributed by atoms with E-state index in [1.165, 1.54) is 6.21 Å². The van der Waals surface area contributed by atoms with E-state index in [1.54, 1.807) is 42.5 Å². The molecule has 8 heteroatoms. The average Bonchev–Trinajstić information content (AvgIpc) is 3.11. The minimum Gasteiger partial charge on any atom is -0.494 e. The minimum absolute atomic E-state index is 0.179. The van der Waals surface area contributed by atoms with Gasteiger partial charge in [0, 0.05) is 5.69 Å². The van der Waals surface area contributed by atoms with E-state index in [9.17, 15) is 9.59 Å². The Kier molecular flexibility index (Phi) is 5.33. The summed E-state index contributed by atoms with van der Waals surface area (Å²) in [6, 6.07) is 11.9. The van der Waals surface area contributed by atoms with Crippen molar-refractivity contribution < 1.29 is 23.8 Å². The van der Waals surface area contributed by atoms with Crippen LogP contribution in [0.4, 0.5) is 5.69 Å². The summed E-state index contributed by atoms with van der Waals surface area (Å²) in [7, 11) is 0. The Morgan fingerprint density at radius 3 is 2.65 bits per heavy atom. The molecule has 26 heavy (non-hydrogen) atoms. The maximum Gasteiger partial charge on any atom is 0.329 e. The molecule has 2 aromatic rings. The van der Waals surface area contributed by atoms with Gasteiger partial charge in [0.2, 0.25) is 6.79 Å². The van der Waals surface area contributed by atoms with Gasteiger partial charge in [-0.05, 0) is 55.0 Å². The van der Waals surface area contributed by atoms with Crippen LogP contribution < -0.4 is 25.0 Å². The lowest BCUT2D eigenvalue weighted by Crippen LogP contribution is -2.32. The molecule has 0 aromatic heterocycles. The van der Waals surface area contributed by atoms with Crippen molar-refractivity contribution in [3.8, 4) is 17.2 Å².